The zero-order valence-electron chi connectivity index (χ0n) is 11.4. The summed E-state index contributed by atoms with van der Waals surface area (Å²) in [5.41, 5.74) is 9.87. The van der Waals surface area contributed by atoms with Gasteiger partial charge in [0.1, 0.15) is 17.3 Å². The molecule has 0 fully saturated rings. The molecule has 0 bridgehead atoms. The third-order valence-corrected chi connectivity index (χ3v) is 3.76. The first kappa shape index (κ1) is 14.8. The summed E-state index contributed by atoms with van der Waals surface area (Å²) in [4.78, 5) is 0.243. The third kappa shape index (κ3) is 3.11. The second-order valence-electron chi connectivity index (χ2n) is 4.64. The monoisotopic (exact) mass is 305 g/mol. The zero-order valence-corrected chi connectivity index (χ0v) is 13.0. The summed E-state index contributed by atoms with van der Waals surface area (Å²) in [6.45, 7) is 4.60. The van der Waals surface area contributed by atoms with Crippen molar-refractivity contribution < 1.29 is 4.74 Å². The molecule has 0 aromatic heterocycles. The van der Waals surface area contributed by atoms with Crippen LogP contribution in [0.3, 0.4) is 0 Å². The van der Waals surface area contributed by atoms with E-state index in [0.29, 0.717) is 22.9 Å². The minimum Gasteiger partial charge on any atom is -0.488 e. The first-order valence-electron chi connectivity index (χ1n) is 6.27. The Kier molecular flexibility index (Phi) is 4.63. The van der Waals surface area contributed by atoms with Gasteiger partial charge in [0.25, 0.3) is 0 Å². The number of aryl methyl sites for hydroxylation is 2. The molecule has 0 aliphatic carbocycles. The number of ether oxygens (including phenoxy) is 1. The summed E-state index contributed by atoms with van der Waals surface area (Å²) in [5.74, 6) is 0.618. The highest BCUT2D eigenvalue weighted by atomic mass is 35.5. The number of rotatable bonds is 4. The first-order chi connectivity index (χ1) is 9.50. The van der Waals surface area contributed by atoms with Gasteiger partial charge in [-0.05, 0) is 42.7 Å². The van der Waals surface area contributed by atoms with Crippen LogP contribution in [0.2, 0.25) is 5.02 Å². The van der Waals surface area contributed by atoms with Crippen molar-refractivity contribution in [3.63, 3.8) is 0 Å². The van der Waals surface area contributed by atoms with Gasteiger partial charge < -0.3 is 10.5 Å². The predicted octanol–water partition coefficient (Wildman–Crippen LogP) is 4.17. The van der Waals surface area contributed by atoms with Gasteiger partial charge in [0.15, 0.2) is 0 Å². The van der Waals surface area contributed by atoms with Crippen molar-refractivity contribution >= 4 is 28.8 Å². The Balaban J connectivity index is 2.28. The molecule has 0 spiro atoms. The van der Waals surface area contributed by atoms with E-state index >= 15 is 0 Å². The van der Waals surface area contributed by atoms with E-state index in [1.165, 1.54) is 16.7 Å². The maximum absolute atomic E-state index is 6.12. The molecule has 0 saturated carbocycles. The van der Waals surface area contributed by atoms with E-state index in [0.717, 1.165) is 0 Å². The molecule has 0 aliphatic rings. The zero-order chi connectivity index (χ0) is 14.7. The van der Waals surface area contributed by atoms with Crippen LogP contribution in [0.5, 0.6) is 5.75 Å². The van der Waals surface area contributed by atoms with E-state index in [4.69, 9.17) is 34.3 Å². The average molecular weight is 306 g/mol. The quantitative estimate of drug-likeness (QED) is 0.861. The second kappa shape index (κ2) is 6.25. The van der Waals surface area contributed by atoms with Crippen LogP contribution in [-0.2, 0) is 6.61 Å². The van der Waals surface area contributed by atoms with E-state index in [2.05, 4.69) is 26.0 Å². The fourth-order valence-corrected chi connectivity index (χ4v) is 2.62. The summed E-state index contributed by atoms with van der Waals surface area (Å²) in [6.07, 6.45) is 0. The maximum Gasteiger partial charge on any atom is 0.131 e. The molecule has 0 amide bonds. The maximum atomic E-state index is 6.12. The standard InChI is InChI=1S/C16H16ClNOS/c1-10-5-3-6-11(2)12(10)9-19-14-8-4-7-13(17)15(14)16(18)20/h3-8H,9H2,1-2H3,(H2,18,20). The third-order valence-electron chi connectivity index (χ3n) is 3.24. The number of thiocarbonyl (C=S) groups is 1. The summed E-state index contributed by atoms with van der Waals surface area (Å²) >= 11 is 11.2. The highest BCUT2D eigenvalue weighted by molar-refractivity contribution is 7.80. The Hall–Kier alpha value is -1.58. The van der Waals surface area contributed by atoms with Crippen LogP contribution in [0.15, 0.2) is 36.4 Å². The van der Waals surface area contributed by atoms with Crippen molar-refractivity contribution in [3.8, 4) is 5.75 Å². The molecule has 0 aliphatic heterocycles. The van der Waals surface area contributed by atoms with Gasteiger partial charge in [-0.2, -0.15) is 0 Å². The molecule has 2 rings (SSSR count). The molecule has 0 heterocycles. The molecule has 0 saturated heterocycles. The molecular formula is C16H16ClNOS. The molecular weight excluding hydrogens is 290 g/mol. The lowest BCUT2D eigenvalue weighted by molar-refractivity contribution is 0.304. The molecule has 4 heteroatoms. The van der Waals surface area contributed by atoms with Gasteiger partial charge in [-0.15, -0.1) is 0 Å². The summed E-state index contributed by atoms with van der Waals surface area (Å²) in [5, 5.41) is 0.511. The largest absolute Gasteiger partial charge is 0.488 e. The van der Waals surface area contributed by atoms with Crippen LogP contribution in [0, 0.1) is 13.8 Å². The summed E-state index contributed by atoms with van der Waals surface area (Å²) in [7, 11) is 0. The van der Waals surface area contributed by atoms with Crippen molar-refractivity contribution in [2.45, 2.75) is 20.5 Å². The van der Waals surface area contributed by atoms with Crippen molar-refractivity contribution in [3.05, 3.63) is 63.7 Å². The molecule has 2 aromatic carbocycles. The molecule has 2 aromatic rings. The van der Waals surface area contributed by atoms with Crippen LogP contribution < -0.4 is 10.5 Å². The lowest BCUT2D eigenvalue weighted by Crippen LogP contribution is -2.13. The SMILES string of the molecule is Cc1cccc(C)c1COc1cccc(Cl)c1C(N)=S. The number of hydrogen-bond donors (Lipinski definition) is 1. The molecule has 0 unspecified atom stereocenters. The van der Waals surface area contributed by atoms with E-state index in [9.17, 15) is 0 Å². The summed E-state index contributed by atoms with van der Waals surface area (Å²) in [6, 6.07) is 11.6. The van der Waals surface area contributed by atoms with E-state index < -0.39 is 0 Å². The molecule has 2 N–H and O–H groups in total. The van der Waals surface area contributed by atoms with Crippen LogP contribution in [-0.4, -0.2) is 4.99 Å². The Morgan fingerprint density at radius 2 is 1.75 bits per heavy atom. The van der Waals surface area contributed by atoms with Gasteiger partial charge in [-0.25, -0.2) is 0 Å². The Morgan fingerprint density at radius 3 is 2.35 bits per heavy atom. The highest BCUT2D eigenvalue weighted by Crippen LogP contribution is 2.27. The average Bonchev–Trinajstić information content (AvgIpc) is 2.37. The predicted molar refractivity (Wildman–Crippen MR) is 87.6 cm³/mol. The van der Waals surface area contributed by atoms with Crippen molar-refractivity contribution in [2.24, 2.45) is 5.73 Å². The number of nitrogens with two attached hydrogens (primary N) is 1. The van der Waals surface area contributed by atoms with E-state index in [-0.39, 0.29) is 4.99 Å². The lowest BCUT2D eigenvalue weighted by Gasteiger charge is -2.14. The van der Waals surface area contributed by atoms with Crippen LogP contribution >= 0.6 is 23.8 Å². The fourth-order valence-electron chi connectivity index (χ4n) is 2.09. The normalized spacial score (nSPS) is 10.3. The van der Waals surface area contributed by atoms with Gasteiger partial charge in [-0.1, -0.05) is 48.1 Å². The minimum absolute atomic E-state index is 0.243. The number of benzene rings is 2. The van der Waals surface area contributed by atoms with Crippen molar-refractivity contribution in [2.75, 3.05) is 0 Å². The van der Waals surface area contributed by atoms with Gasteiger partial charge in [0, 0.05) is 0 Å². The first-order valence-corrected chi connectivity index (χ1v) is 7.05. The van der Waals surface area contributed by atoms with Gasteiger partial charge in [0.2, 0.25) is 0 Å². The molecule has 20 heavy (non-hydrogen) atoms. The number of hydrogen-bond acceptors (Lipinski definition) is 2. The highest BCUT2D eigenvalue weighted by Gasteiger charge is 2.12. The molecule has 104 valence electrons. The van der Waals surface area contributed by atoms with Gasteiger partial charge >= 0.3 is 0 Å². The number of halogens is 1. The van der Waals surface area contributed by atoms with Crippen molar-refractivity contribution in [1.29, 1.82) is 0 Å². The fraction of sp³-hybridized carbons (Fsp3) is 0.188. The Labute approximate surface area is 129 Å². The van der Waals surface area contributed by atoms with E-state index in [1.807, 2.05) is 18.2 Å². The van der Waals surface area contributed by atoms with Gasteiger partial charge in [0.05, 0.1) is 10.6 Å². The Morgan fingerprint density at radius 1 is 1.15 bits per heavy atom. The lowest BCUT2D eigenvalue weighted by atomic mass is 10.0. The summed E-state index contributed by atoms with van der Waals surface area (Å²) < 4.78 is 5.88. The van der Waals surface area contributed by atoms with E-state index in [1.54, 1.807) is 6.07 Å². The van der Waals surface area contributed by atoms with Crippen LogP contribution in [0.4, 0.5) is 0 Å². The topological polar surface area (TPSA) is 35.2 Å². The van der Waals surface area contributed by atoms with Crippen LogP contribution in [0.1, 0.15) is 22.3 Å². The molecule has 2 nitrogen and oxygen atoms in total. The van der Waals surface area contributed by atoms with Crippen LogP contribution in [0.25, 0.3) is 0 Å². The van der Waals surface area contributed by atoms with Crippen molar-refractivity contribution in [1.82, 2.24) is 0 Å². The smallest absolute Gasteiger partial charge is 0.131 e. The van der Waals surface area contributed by atoms with Gasteiger partial charge in [-0.3, -0.25) is 0 Å². The minimum atomic E-state index is 0.243. The molecule has 0 atom stereocenters. The second-order valence-corrected chi connectivity index (χ2v) is 5.48. The molecule has 0 radical (unpaired) electrons. The Bertz CT molecular complexity index is 635.